The number of nitrogens with one attached hydrogen (secondary N) is 1. The van der Waals surface area contributed by atoms with Gasteiger partial charge in [0.05, 0.1) is 23.4 Å². The van der Waals surface area contributed by atoms with Crippen molar-refractivity contribution in [1.29, 1.82) is 0 Å². The van der Waals surface area contributed by atoms with Gasteiger partial charge in [0.25, 0.3) is 5.91 Å². The average molecular weight is 494 g/mol. The van der Waals surface area contributed by atoms with Crippen molar-refractivity contribution in [1.82, 2.24) is 15.1 Å². The standard InChI is InChI=1S/C24H23N5O5S/c1-14-5-7-19(29(31)32)22(9-14)34-13-17-10-16(6-8-21(17)33-4)11-18-23(30)28(24(35)25-18)20-12-27(3)26-15(20)2/h5-12H,13H2,1-4H3,(H,25,35)/b18-11+. The van der Waals surface area contributed by atoms with E-state index < -0.39 is 4.92 Å². The molecule has 2 aromatic carbocycles. The Labute approximate surface area is 206 Å². The number of carbonyl (C=O) groups is 1. The number of hydrogen-bond donors (Lipinski definition) is 1. The average Bonchev–Trinajstić information content (AvgIpc) is 3.28. The van der Waals surface area contributed by atoms with Crippen LogP contribution in [0.1, 0.15) is 22.4 Å². The fourth-order valence-corrected chi connectivity index (χ4v) is 4.06. The highest BCUT2D eigenvalue weighted by atomic mass is 32.1. The second-order valence-corrected chi connectivity index (χ2v) is 8.38. The van der Waals surface area contributed by atoms with E-state index in [0.717, 1.165) is 5.56 Å². The van der Waals surface area contributed by atoms with Gasteiger partial charge in [0.1, 0.15) is 18.1 Å². The van der Waals surface area contributed by atoms with Gasteiger partial charge in [0.2, 0.25) is 0 Å². The van der Waals surface area contributed by atoms with Gasteiger partial charge in [-0.3, -0.25) is 19.6 Å². The van der Waals surface area contributed by atoms with Crippen LogP contribution in [0, 0.1) is 24.0 Å². The van der Waals surface area contributed by atoms with Crippen LogP contribution in [0.5, 0.6) is 11.5 Å². The summed E-state index contributed by atoms with van der Waals surface area (Å²) < 4.78 is 12.9. The number of nitrogens with zero attached hydrogens (tertiary/aromatic N) is 4. The summed E-state index contributed by atoms with van der Waals surface area (Å²) in [6.45, 7) is 3.67. The summed E-state index contributed by atoms with van der Waals surface area (Å²) in [5.74, 6) is 0.424. The van der Waals surface area contributed by atoms with Crippen LogP contribution in [0.15, 0.2) is 48.3 Å². The van der Waals surface area contributed by atoms with Gasteiger partial charge in [-0.25, -0.2) is 4.90 Å². The number of carbonyl (C=O) groups excluding carboxylic acids is 1. The van der Waals surface area contributed by atoms with Crippen LogP contribution in [0.3, 0.4) is 0 Å². The second kappa shape index (κ2) is 9.55. The minimum Gasteiger partial charge on any atom is -0.496 e. The minimum atomic E-state index is -0.483. The van der Waals surface area contributed by atoms with Crippen molar-refractivity contribution in [2.45, 2.75) is 20.5 Å². The quantitative estimate of drug-likeness (QED) is 0.229. The topological polar surface area (TPSA) is 112 Å². The lowest BCUT2D eigenvalue weighted by Crippen LogP contribution is -2.30. The molecule has 35 heavy (non-hydrogen) atoms. The van der Waals surface area contributed by atoms with Gasteiger partial charge >= 0.3 is 5.69 Å². The summed E-state index contributed by atoms with van der Waals surface area (Å²) in [4.78, 5) is 25.4. The molecule has 0 bridgehead atoms. The Kier molecular flexibility index (Phi) is 6.52. The molecule has 0 saturated carbocycles. The highest BCUT2D eigenvalue weighted by molar-refractivity contribution is 7.80. The third-order valence-electron chi connectivity index (χ3n) is 5.42. The van der Waals surface area contributed by atoms with Crippen molar-refractivity contribution in [2.75, 3.05) is 12.0 Å². The SMILES string of the molecule is COc1ccc(/C=C2/NC(=S)N(c3cn(C)nc3C)C2=O)cc1COc1cc(C)ccc1[N+](=O)[O-]. The van der Waals surface area contributed by atoms with Crippen LogP contribution in [0.4, 0.5) is 11.4 Å². The van der Waals surface area contributed by atoms with Gasteiger partial charge in [0, 0.05) is 24.9 Å². The number of benzene rings is 2. The molecular formula is C24H23N5O5S. The van der Waals surface area contributed by atoms with Gasteiger partial charge in [-0.15, -0.1) is 0 Å². The van der Waals surface area contributed by atoms with E-state index in [1.54, 1.807) is 61.3 Å². The van der Waals surface area contributed by atoms with Crippen LogP contribution in [-0.4, -0.2) is 32.8 Å². The second-order valence-electron chi connectivity index (χ2n) is 7.99. The summed E-state index contributed by atoms with van der Waals surface area (Å²) in [7, 11) is 3.30. The first-order valence-corrected chi connectivity index (χ1v) is 11.0. The molecule has 3 aromatic rings. The highest BCUT2D eigenvalue weighted by Crippen LogP contribution is 2.31. The Morgan fingerprint density at radius 1 is 1.20 bits per heavy atom. The van der Waals surface area contributed by atoms with Gasteiger partial charge in [-0.2, -0.15) is 5.10 Å². The van der Waals surface area contributed by atoms with Crippen LogP contribution in [-0.2, 0) is 18.4 Å². The zero-order valence-electron chi connectivity index (χ0n) is 19.6. The number of aryl methyl sites for hydroxylation is 3. The number of ether oxygens (including phenoxy) is 2. The number of thiocarbonyl (C=S) groups is 1. The monoisotopic (exact) mass is 493 g/mol. The first-order valence-electron chi connectivity index (χ1n) is 10.6. The third-order valence-corrected chi connectivity index (χ3v) is 5.70. The number of aromatic nitrogens is 2. The molecule has 1 fully saturated rings. The van der Waals surface area contributed by atoms with Crippen LogP contribution < -0.4 is 19.7 Å². The van der Waals surface area contributed by atoms with E-state index in [0.29, 0.717) is 34.0 Å². The minimum absolute atomic E-state index is 0.0330. The van der Waals surface area contributed by atoms with Crippen molar-refractivity contribution < 1.29 is 19.2 Å². The maximum absolute atomic E-state index is 13.1. The van der Waals surface area contributed by atoms with E-state index in [1.807, 2.05) is 6.92 Å². The van der Waals surface area contributed by atoms with Crippen molar-refractivity contribution in [3.05, 3.63) is 80.8 Å². The smallest absolute Gasteiger partial charge is 0.310 e. The lowest BCUT2D eigenvalue weighted by molar-refractivity contribution is -0.386. The molecule has 0 unspecified atom stereocenters. The van der Waals surface area contributed by atoms with E-state index in [1.165, 1.54) is 18.1 Å². The van der Waals surface area contributed by atoms with Crippen molar-refractivity contribution in [3.63, 3.8) is 0 Å². The van der Waals surface area contributed by atoms with Gasteiger partial charge in [0.15, 0.2) is 10.9 Å². The summed E-state index contributed by atoms with van der Waals surface area (Å²) in [6, 6.07) is 10.0. The van der Waals surface area contributed by atoms with Gasteiger partial charge < -0.3 is 14.8 Å². The molecule has 1 N–H and O–H groups in total. The fourth-order valence-electron chi connectivity index (χ4n) is 3.77. The molecule has 1 aliphatic rings. The number of hydrogen-bond acceptors (Lipinski definition) is 7. The number of rotatable bonds is 7. The fraction of sp³-hybridized carbons (Fsp3) is 0.208. The summed E-state index contributed by atoms with van der Waals surface area (Å²) >= 11 is 5.39. The Morgan fingerprint density at radius 2 is 1.97 bits per heavy atom. The van der Waals surface area contributed by atoms with E-state index in [2.05, 4.69) is 10.4 Å². The zero-order valence-corrected chi connectivity index (χ0v) is 20.4. The summed E-state index contributed by atoms with van der Waals surface area (Å²) in [6.07, 6.45) is 3.41. The van der Waals surface area contributed by atoms with Crippen molar-refractivity contribution >= 4 is 40.7 Å². The molecule has 1 amide bonds. The summed E-state index contributed by atoms with van der Waals surface area (Å²) in [5.41, 5.74) is 3.68. The molecule has 4 rings (SSSR count). The van der Waals surface area contributed by atoms with E-state index >= 15 is 0 Å². The van der Waals surface area contributed by atoms with Gasteiger partial charge in [-0.05, 0) is 61.5 Å². The third kappa shape index (κ3) is 4.85. The Bertz CT molecular complexity index is 1380. The summed E-state index contributed by atoms with van der Waals surface area (Å²) in [5, 5.41) is 18.9. The number of methoxy groups -OCH3 is 1. The van der Waals surface area contributed by atoms with E-state index in [4.69, 9.17) is 21.7 Å². The lowest BCUT2D eigenvalue weighted by atomic mass is 10.1. The van der Waals surface area contributed by atoms with E-state index in [9.17, 15) is 14.9 Å². The number of nitro groups is 1. The molecule has 1 aromatic heterocycles. The molecule has 0 aliphatic carbocycles. The van der Waals surface area contributed by atoms with Crippen molar-refractivity contribution in [3.8, 4) is 11.5 Å². The molecule has 0 radical (unpaired) electrons. The molecule has 0 spiro atoms. The zero-order chi connectivity index (χ0) is 25.3. The molecule has 10 nitrogen and oxygen atoms in total. The largest absolute Gasteiger partial charge is 0.496 e. The van der Waals surface area contributed by atoms with Crippen LogP contribution in [0.2, 0.25) is 0 Å². The Balaban J connectivity index is 1.60. The maximum Gasteiger partial charge on any atom is 0.310 e. The molecule has 0 atom stereocenters. The normalized spacial score (nSPS) is 14.4. The predicted octanol–water partition coefficient (Wildman–Crippen LogP) is 3.79. The van der Waals surface area contributed by atoms with E-state index in [-0.39, 0.29) is 29.1 Å². The number of amides is 1. The Morgan fingerprint density at radius 3 is 2.63 bits per heavy atom. The first-order chi connectivity index (χ1) is 16.7. The first kappa shape index (κ1) is 23.9. The molecule has 1 saturated heterocycles. The lowest BCUT2D eigenvalue weighted by Gasteiger charge is -2.12. The number of nitro benzene ring substituents is 1. The van der Waals surface area contributed by atoms with Crippen LogP contribution in [0.25, 0.3) is 6.08 Å². The maximum atomic E-state index is 13.1. The predicted molar refractivity (Wildman–Crippen MR) is 134 cm³/mol. The Hall–Kier alpha value is -4.25. The molecular weight excluding hydrogens is 470 g/mol. The molecule has 2 heterocycles. The highest BCUT2D eigenvalue weighted by Gasteiger charge is 2.34. The van der Waals surface area contributed by atoms with Crippen molar-refractivity contribution in [2.24, 2.45) is 7.05 Å². The molecule has 180 valence electrons. The molecule has 11 heteroatoms. The van der Waals surface area contributed by atoms with Gasteiger partial charge in [-0.1, -0.05) is 12.1 Å². The molecule has 1 aliphatic heterocycles. The number of anilines is 1. The van der Waals surface area contributed by atoms with Crippen LogP contribution >= 0.6 is 12.2 Å².